The molecule has 0 aliphatic carbocycles. The maximum absolute atomic E-state index is 12.7. The third-order valence-electron chi connectivity index (χ3n) is 4.54. The van der Waals surface area contributed by atoms with Gasteiger partial charge >= 0.3 is 6.18 Å². The molecule has 0 unspecified atom stereocenters. The summed E-state index contributed by atoms with van der Waals surface area (Å²) < 4.78 is 74.5. The van der Waals surface area contributed by atoms with Crippen LogP contribution < -0.4 is 9.47 Å². The molecule has 170 valence electrons. The van der Waals surface area contributed by atoms with Crippen molar-refractivity contribution < 1.29 is 35.6 Å². The first kappa shape index (κ1) is 24.7. The van der Waals surface area contributed by atoms with Gasteiger partial charge in [-0.2, -0.15) is 21.6 Å². The van der Waals surface area contributed by atoms with E-state index in [2.05, 4.69) is 4.99 Å². The van der Waals surface area contributed by atoms with E-state index in [9.17, 15) is 21.6 Å². The number of rotatable bonds is 5. The zero-order valence-corrected chi connectivity index (χ0v) is 18.2. The lowest BCUT2D eigenvalue weighted by Gasteiger charge is -2.20. The molecule has 3 rings (SSSR count). The SMILES string of the molecule is COc1cc2c(cc1OC)C(CCc1ccc(C(F)(F)F)cc1)=NCC2.CS(=O)(=O)O. The molecule has 6 nitrogen and oxygen atoms in total. The van der Waals surface area contributed by atoms with Crippen LogP contribution in [0.15, 0.2) is 41.4 Å². The highest BCUT2D eigenvalue weighted by Gasteiger charge is 2.29. The molecular formula is C21H24F3NO5S. The highest BCUT2D eigenvalue weighted by molar-refractivity contribution is 7.85. The molecule has 0 amide bonds. The van der Waals surface area contributed by atoms with Crippen LogP contribution in [0.25, 0.3) is 0 Å². The predicted octanol–water partition coefficient (Wildman–Crippen LogP) is 4.20. The standard InChI is InChI=1S/C20H20F3NO2.CH4O3S/c1-25-18-11-14-9-10-24-17(16(14)12-19(18)26-2)8-5-13-3-6-15(7-4-13)20(21,22)23;1-5(2,3)4/h3-4,6-7,11-12H,5,8-10H2,1-2H3;1H3,(H,2,3,4). The summed E-state index contributed by atoms with van der Waals surface area (Å²) in [6.45, 7) is 0.699. The molecule has 0 radical (unpaired) electrons. The van der Waals surface area contributed by atoms with Gasteiger partial charge in [0, 0.05) is 17.8 Å². The van der Waals surface area contributed by atoms with E-state index in [0.717, 1.165) is 41.0 Å². The molecule has 2 aromatic rings. The van der Waals surface area contributed by atoms with Gasteiger partial charge < -0.3 is 9.47 Å². The number of aliphatic imine (C=N–C) groups is 1. The molecule has 0 bridgehead atoms. The molecule has 0 saturated carbocycles. The van der Waals surface area contributed by atoms with Crippen molar-refractivity contribution in [3.8, 4) is 11.5 Å². The van der Waals surface area contributed by atoms with Crippen molar-refractivity contribution in [1.82, 2.24) is 0 Å². The Morgan fingerprint density at radius 2 is 1.58 bits per heavy atom. The number of hydrogen-bond donors (Lipinski definition) is 1. The number of halogens is 3. The number of aryl methyl sites for hydroxylation is 1. The molecule has 31 heavy (non-hydrogen) atoms. The van der Waals surface area contributed by atoms with E-state index in [4.69, 9.17) is 14.0 Å². The minimum atomic E-state index is -4.31. The summed E-state index contributed by atoms with van der Waals surface area (Å²) >= 11 is 0. The highest BCUT2D eigenvalue weighted by Crippen LogP contribution is 2.33. The van der Waals surface area contributed by atoms with Gasteiger partial charge in [0.25, 0.3) is 10.1 Å². The lowest BCUT2D eigenvalue weighted by atomic mass is 9.93. The Labute approximate surface area is 179 Å². The predicted molar refractivity (Wildman–Crippen MR) is 112 cm³/mol. The van der Waals surface area contributed by atoms with Crippen LogP contribution >= 0.6 is 0 Å². The largest absolute Gasteiger partial charge is 0.493 e. The van der Waals surface area contributed by atoms with Gasteiger partial charge in [0.2, 0.25) is 0 Å². The van der Waals surface area contributed by atoms with Crippen LogP contribution in [0.3, 0.4) is 0 Å². The van der Waals surface area contributed by atoms with Gasteiger partial charge in [-0.15, -0.1) is 0 Å². The van der Waals surface area contributed by atoms with Crippen molar-refractivity contribution in [2.75, 3.05) is 27.0 Å². The molecule has 1 heterocycles. The van der Waals surface area contributed by atoms with Crippen molar-refractivity contribution in [3.05, 3.63) is 58.7 Å². The minimum Gasteiger partial charge on any atom is -0.493 e. The number of alkyl halides is 3. The fourth-order valence-electron chi connectivity index (χ4n) is 3.13. The van der Waals surface area contributed by atoms with Gasteiger partial charge in [-0.25, -0.2) is 0 Å². The first-order chi connectivity index (χ1) is 14.4. The zero-order valence-electron chi connectivity index (χ0n) is 17.4. The van der Waals surface area contributed by atoms with E-state index in [-0.39, 0.29) is 0 Å². The Bertz CT molecular complexity index is 1020. The van der Waals surface area contributed by atoms with Crippen molar-refractivity contribution >= 4 is 15.8 Å². The maximum atomic E-state index is 12.7. The average Bonchev–Trinajstić information content (AvgIpc) is 2.69. The monoisotopic (exact) mass is 459 g/mol. The fourth-order valence-corrected chi connectivity index (χ4v) is 3.13. The molecule has 0 spiro atoms. The average molecular weight is 459 g/mol. The van der Waals surface area contributed by atoms with Crippen molar-refractivity contribution in [2.45, 2.75) is 25.4 Å². The quantitative estimate of drug-likeness (QED) is 0.678. The Morgan fingerprint density at radius 1 is 1.03 bits per heavy atom. The summed E-state index contributed by atoms with van der Waals surface area (Å²) in [7, 11) is -0.473. The molecule has 0 aromatic heterocycles. The van der Waals surface area contributed by atoms with E-state index in [0.29, 0.717) is 37.1 Å². The second kappa shape index (κ2) is 10.1. The zero-order chi connectivity index (χ0) is 23.2. The van der Waals surface area contributed by atoms with Gasteiger partial charge in [0.1, 0.15) is 0 Å². The van der Waals surface area contributed by atoms with Crippen LogP contribution in [-0.4, -0.2) is 45.7 Å². The van der Waals surface area contributed by atoms with E-state index in [1.807, 2.05) is 12.1 Å². The maximum Gasteiger partial charge on any atom is 0.416 e. The van der Waals surface area contributed by atoms with Crippen LogP contribution in [-0.2, 0) is 29.1 Å². The van der Waals surface area contributed by atoms with Gasteiger partial charge in [-0.05, 0) is 54.7 Å². The van der Waals surface area contributed by atoms with Gasteiger partial charge in [-0.3, -0.25) is 9.55 Å². The molecule has 2 aromatic carbocycles. The van der Waals surface area contributed by atoms with Gasteiger partial charge in [0.05, 0.1) is 26.0 Å². The summed E-state index contributed by atoms with van der Waals surface area (Å²) in [6.07, 6.45) is -1.47. The molecule has 1 aliphatic rings. The second-order valence-electron chi connectivity index (χ2n) is 6.87. The van der Waals surface area contributed by atoms with Crippen LogP contribution in [0.1, 0.15) is 28.7 Å². The lowest BCUT2D eigenvalue weighted by Crippen LogP contribution is -2.14. The number of nitrogens with zero attached hydrogens (tertiary/aromatic N) is 1. The minimum absolute atomic E-state index is 0.626. The topological polar surface area (TPSA) is 85.2 Å². The molecule has 1 N–H and O–H groups in total. The number of hydrogen-bond acceptors (Lipinski definition) is 5. The van der Waals surface area contributed by atoms with Crippen LogP contribution in [0.4, 0.5) is 13.2 Å². The van der Waals surface area contributed by atoms with Gasteiger partial charge in [0.15, 0.2) is 11.5 Å². The van der Waals surface area contributed by atoms with Crippen molar-refractivity contribution in [1.29, 1.82) is 0 Å². The first-order valence-electron chi connectivity index (χ1n) is 9.29. The van der Waals surface area contributed by atoms with Crippen LogP contribution in [0.5, 0.6) is 11.5 Å². The van der Waals surface area contributed by atoms with Gasteiger partial charge in [-0.1, -0.05) is 12.1 Å². The van der Waals surface area contributed by atoms with Crippen LogP contribution in [0.2, 0.25) is 0 Å². The van der Waals surface area contributed by atoms with E-state index in [1.54, 1.807) is 14.2 Å². The summed E-state index contributed by atoms with van der Waals surface area (Å²) in [5, 5.41) is 0. The molecule has 0 saturated heterocycles. The third-order valence-corrected chi connectivity index (χ3v) is 4.54. The normalized spacial score (nSPS) is 13.5. The molecule has 10 heteroatoms. The fraction of sp³-hybridized carbons (Fsp3) is 0.381. The molecular weight excluding hydrogens is 435 g/mol. The highest BCUT2D eigenvalue weighted by atomic mass is 32.2. The Balaban J connectivity index is 0.000000614. The summed E-state index contributed by atoms with van der Waals surface area (Å²) in [5.41, 5.74) is 3.36. The van der Waals surface area contributed by atoms with E-state index in [1.165, 1.54) is 12.1 Å². The lowest BCUT2D eigenvalue weighted by molar-refractivity contribution is -0.137. The molecule has 0 atom stereocenters. The molecule has 1 aliphatic heterocycles. The number of fused-ring (bicyclic) bond motifs is 1. The van der Waals surface area contributed by atoms with E-state index < -0.39 is 21.9 Å². The van der Waals surface area contributed by atoms with Crippen molar-refractivity contribution in [3.63, 3.8) is 0 Å². The number of ether oxygens (including phenoxy) is 2. The Morgan fingerprint density at radius 3 is 2.10 bits per heavy atom. The first-order valence-corrected chi connectivity index (χ1v) is 11.1. The summed E-state index contributed by atoms with van der Waals surface area (Å²) in [5.74, 6) is 1.34. The number of methoxy groups -OCH3 is 2. The van der Waals surface area contributed by atoms with Crippen molar-refractivity contribution in [2.24, 2.45) is 4.99 Å². The van der Waals surface area contributed by atoms with E-state index >= 15 is 0 Å². The Hall–Kier alpha value is -2.59. The summed E-state index contributed by atoms with van der Waals surface area (Å²) in [6, 6.07) is 9.21. The Kier molecular flexibility index (Phi) is 8.08. The second-order valence-corrected chi connectivity index (χ2v) is 8.34. The summed E-state index contributed by atoms with van der Waals surface area (Å²) in [4.78, 5) is 4.61. The smallest absolute Gasteiger partial charge is 0.416 e. The number of benzene rings is 2. The third kappa shape index (κ3) is 7.55. The molecule has 0 fully saturated rings. The van der Waals surface area contributed by atoms with Crippen LogP contribution in [0, 0.1) is 0 Å².